The van der Waals surface area contributed by atoms with Gasteiger partial charge in [0.2, 0.25) is 0 Å². The predicted octanol–water partition coefficient (Wildman–Crippen LogP) is 4.53. The summed E-state index contributed by atoms with van der Waals surface area (Å²) < 4.78 is 14.5. The Balaban J connectivity index is 2.60. The fourth-order valence-electron chi connectivity index (χ4n) is 1.65. The van der Waals surface area contributed by atoms with E-state index in [1.807, 2.05) is 13.8 Å². The number of nitrogens with zero attached hydrogens (tertiary/aromatic N) is 1. The zero-order valence-electron chi connectivity index (χ0n) is 10.3. The second-order valence-corrected chi connectivity index (χ2v) is 6.23. The summed E-state index contributed by atoms with van der Waals surface area (Å²) in [5.74, 6) is -1.46. The van der Waals surface area contributed by atoms with E-state index in [2.05, 4.69) is 20.9 Å². The first-order valence-corrected chi connectivity index (χ1v) is 7.20. The van der Waals surface area contributed by atoms with Crippen molar-refractivity contribution in [2.45, 2.75) is 19.8 Å². The Labute approximate surface area is 122 Å². The Morgan fingerprint density at radius 3 is 2.68 bits per heavy atom. The molecule has 0 aliphatic heterocycles. The minimum atomic E-state index is -1.03. The zero-order valence-corrected chi connectivity index (χ0v) is 12.7. The van der Waals surface area contributed by atoms with Crippen molar-refractivity contribution in [1.29, 1.82) is 0 Å². The lowest BCUT2D eigenvalue weighted by molar-refractivity contribution is 0.0700. The monoisotopic (exact) mass is 343 g/mol. The molecule has 0 bridgehead atoms. The molecule has 0 saturated carbocycles. The van der Waals surface area contributed by atoms with E-state index in [1.54, 1.807) is 12.1 Å². The minimum absolute atomic E-state index is 0.0219. The molecule has 0 spiro atoms. The van der Waals surface area contributed by atoms with Crippen molar-refractivity contribution < 1.29 is 14.3 Å². The molecular weight excluding hydrogens is 333 g/mol. The standard InChI is InChI=1S/C13H11BrFNO2S/c1-6(2)10-11(13(17)18)19-12(16-10)8-5-7(14)3-4-9(8)15/h3-6H,1-2H3,(H,17,18). The van der Waals surface area contributed by atoms with Crippen LogP contribution in [0.2, 0.25) is 0 Å². The lowest BCUT2D eigenvalue weighted by Crippen LogP contribution is -2.00. The molecule has 6 heteroatoms. The number of carboxylic acids is 1. The second-order valence-electron chi connectivity index (χ2n) is 4.32. The average molecular weight is 344 g/mol. The fraction of sp³-hybridized carbons (Fsp3) is 0.231. The molecule has 0 unspecified atom stereocenters. The van der Waals surface area contributed by atoms with Gasteiger partial charge in [0, 0.05) is 10.0 Å². The Kier molecular flexibility index (Phi) is 4.01. The third-order valence-corrected chi connectivity index (χ3v) is 4.14. The minimum Gasteiger partial charge on any atom is -0.477 e. The van der Waals surface area contributed by atoms with Crippen molar-refractivity contribution in [2.75, 3.05) is 0 Å². The first-order chi connectivity index (χ1) is 8.90. The van der Waals surface area contributed by atoms with Gasteiger partial charge in [0.25, 0.3) is 0 Å². The number of hydrogen-bond acceptors (Lipinski definition) is 3. The lowest BCUT2D eigenvalue weighted by atomic mass is 10.1. The van der Waals surface area contributed by atoms with Crippen LogP contribution in [-0.4, -0.2) is 16.1 Å². The number of rotatable bonds is 3. The van der Waals surface area contributed by atoms with Crippen LogP contribution >= 0.6 is 27.3 Å². The molecular formula is C13H11BrFNO2S. The van der Waals surface area contributed by atoms with E-state index in [-0.39, 0.29) is 10.8 Å². The van der Waals surface area contributed by atoms with E-state index < -0.39 is 11.8 Å². The molecule has 1 aromatic heterocycles. The third kappa shape index (κ3) is 2.84. The smallest absolute Gasteiger partial charge is 0.347 e. The van der Waals surface area contributed by atoms with Gasteiger partial charge in [-0.1, -0.05) is 29.8 Å². The molecule has 1 heterocycles. The summed E-state index contributed by atoms with van der Waals surface area (Å²) in [5, 5.41) is 9.55. The molecule has 19 heavy (non-hydrogen) atoms. The fourth-order valence-corrected chi connectivity index (χ4v) is 3.09. The summed E-state index contributed by atoms with van der Waals surface area (Å²) in [7, 11) is 0. The number of carbonyl (C=O) groups is 1. The number of thiazole rings is 1. The molecule has 0 radical (unpaired) electrons. The summed E-state index contributed by atoms with van der Waals surface area (Å²) in [5.41, 5.74) is 0.806. The summed E-state index contributed by atoms with van der Waals surface area (Å²) in [4.78, 5) is 15.6. The molecule has 100 valence electrons. The summed E-state index contributed by atoms with van der Waals surface area (Å²) >= 11 is 4.27. The normalized spacial score (nSPS) is 11.0. The molecule has 1 aromatic carbocycles. The summed E-state index contributed by atoms with van der Waals surface area (Å²) in [6, 6.07) is 4.52. The van der Waals surface area contributed by atoms with Gasteiger partial charge in [0.1, 0.15) is 15.7 Å². The zero-order chi connectivity index (χ0) is 14.2. The first kappa shape index (κ1) is 14.1. The number of halogens is 2. The van der Waals surface area contributed by atoms with Crippen molar-refractivity contribution >= 4 is 33.2 Å². The Morgan fingerprint density at radius 1 is 1.47 bits per heavy atom. The Hall–Kier alpha value is -1.27. The maximum atomic E-state index is 13.8. The second kappa shape index (κ2) is 5.38. The van der Waals surface area contributed by atoms with Crippen molar-refractivity contribution in [3.8, 4) is 10.6 Å². The van der Waals surface area contributed by atoms with E-state index in [0.717, 1.165) is 15.8 Å². The van der Waals surface area contributed by atoms with Gasteiger partial charge >= 0.3 is 5.97 Å². The molecule has 2 aromatic rings. The Bertz CT molecular complexity index is 640. The van der Waals surface area contributed by atoms with Crippen LogP contribution < -0.4 is 0 Å². The van der Waals surface area contributed by atoms with Crippen LogP contribution in [0.25, 0.3) is 10.6 Å². The van der Waals surface area contributed by atoms with Gasteiger partial charge in [0.05, 0.1) is 5.69 Å². The molecule has 0 saturated heterocycles. The maximum absolute atomic E-state index is 13.8. The highest BCUT2D eigenvalue weighted by atomic mass is 79.9. The van der Waals surface area contributed by atoms with Crippen LogP contribution in [-0.2, 0) is 0 Å². The number of hydrogen-bond donors (Lipinski definition) is 1. The van der Waals surface area contributed by atoms with E-state index in [0.29, 0.717) is 16.3 Å². The first-order valence-electron chi connectivity index (χ1n) is 5.59. The highest BCUT2D eigenvalue weighted by molar-refractivity contribution is 9.10. The quantitative estimate of drug-likeness (QED) is 0.890. The van der Waals surface area contributed by atoms with Gasteiger partial charge in [-0.15, -0.1) is 11.3 Å². The van der Waals surface area contributed by atoms with Crippen molar-refractivity contribution in [3.05, 3.63) is 39.1 Å². The molecule has 0 fully saturated rings. The summed E-state index contributed by atoms with van der Waals surface area (Å²) in [6.45, 7) is 3.73. The number of aromatic carboxylic acids is 1. The molecule has 0 atom stereocenters. The van der Waals surface area contributed by atoms with Crippen molar-refractivity contribution in [3.63, 3.8) is 0 Å². The van der Waals surface area contributed by atoms with Gasteiger partial charge in [0.15, 0.2) is 0 Å². The van der Waals surface area contributed by atoms with Crippen LogP contribution in [0, 0.1) is 5.82 Å². The third-order valence-electron chi connectivity index (χ3n) is 2.55. The molecule has 2 rings (SSSR count). The predicted molar refractivity (Wildman–Crippen MR) is 76.3 cm³/mol. The van der Waals surface area contributed by atoms with E-state index in [9.17, 15) is 9.18 Å². The van der Waals surface area contributed by atoms with Crippen LogP contribution in [0.5, 0.6) is 0 Å². The van der Waals surface area contributed by atoms with Crippen molar-refractivity contribution in [1.82, 2.24) is 4.98 Å². The van der Waals surface area contributed by atoms with Gasteiger partial charge in [-0.2, -0.15) is 0 Å². The van der Waals surface area contributed by atoms with Gasteiger partial charge in [-0.05, 0) is 24.1 Å². The maximum Gasteiger partial charge on any atom is 0.347 e. The Morgan fingerprint density at radius 2 is 2.16 bits per heavy atom. The van der Waals surface area contributed by atoms with Gasteiger partial charge in [-0.3, -0.25) is 0 Å². The summed E-state index contributed by atoms with van der Waals surface area (Å²) in [6.07, 6.45) is 0. The molecule has 1 N–H and O–H groups in total. The van der Waals surface area contributed by atoms with Crippen LogP contribution in [0.15, 0.2) is 22.7 Å². The number of benzene rings is 1. The van der Waals surface area contributed by atoms with Crippen molar-refractivity contribution in [2.24, 2.45) is 0 Å². The molecule has 3 nitrogen and oxygen atoms in total. The largest absolute Gasteiger partial charge is 0.477 e. The van der Waals surface area contributed by atoms with Gasteiger partial charge in [-0.25, -0.2) is 14.2 Å². The van der Waals surface area contributed by atoms with E-state index >= 15 is 0 Å². The van der Waals surface area contributed by atoms with Crippen LogP contribution in [0.4, 0.5) is 4.39 Å². The van der Waals surface area contributed by atoms with Gasteiger partial charge < -0.3 is 5.11 Å². The molecule has 0 amide bonds. The molecule has 0 aliphatic carbocycles. The van der Waals surface area contributed by atoms with E-state index in [4.69, 9.17) is 5.11 Å². The van der Waals surface area contributed by atoms with Crippen LogP contribution in [0.3, 0.4) is 0 Å². The van der Waals surface area contributed by atoms with E-state index in [1.165, 1.54) is 6.07 Å². The lowest BCUT2D eigenvalue weighted by Gasteiger charge is -2.01. The average Bonchev–Trinajstić information content (AvgIpc) is 2.77. The number of aromatic nitrogens is 1. The number of carboxylic acid groups (broad SMARTS) is 1. The van der Waals surface area contributed by atoms with Crippen LogP contribution in [0.1, 0.15) is 35.1 Å². The topological polar surface area (TPSA) is 50.2 Å². The molecule has 0 aliphatic rings. The highest BCUT2D eigenvalue weighted by Gasteiger charge is 2.21. The SMILES string of the molecule is CC(C)c1nc(-c2cc(Br)ccc2F)sc1C(=O)O. The highest BCUT2D eigenvalue weighted by Crippen LogP contribution is 2.34.